The number of thioether (sulfide) groups is 1. The standard InChI is InChI=1S/C10H19NOS/c1-3-11-10(8-13-2)9-5-4-6-12-7-9/h7,10-11H,3-6,8H2,1-2H3. The smallest absolute Gasteiger partial charge is 0.0876 e. The van der Waals surface area contributed by atoms with E-state index in [4.69, 9.17) is 4.74 Å². The summed E-state index contributed by atoms with van der Waals surface area (Å²) in [5.41, 5.74) is 1.43. The molecule has 76 valence electrons. The van der Waals surface area contributed by atoms with E-state index in [1.165, 1.54) is 18.4 Å². The molecule has 1 heterocycles. The first-order chi connectivity index (χ1) is 6.38. The van der Waals surface area contributed by atoms with Crippen LogP contribution in [0.25, 0.3) is 0 Å². The van der Waals surface area contributed by atoms with Gasteiger partial charge in [0.25, 0.3) is 0 Å². The van der Waals surface area contributed by atoms with Gasteiger partial charge in [0.05, 0.1) is 12.9 Å². The van der Waals surface area contributed by atoms with Crippen LogP contribution in [0.15, 0.2) is 11.8 Å². The van der Waals surface area contributed by atoms with E-state index < -0.39 is 0 Å². The van der Waals surface area contributed by atoms with Crippen molar-refractivity contribution in [2.75, 3.05) is 25.2 Å². The lowest BCUT2D eigenvalue weighted by molar-refractivity contribution is 0.220. The zero-order valence-electron chi connectivity index (χ0n) is 8.51. The van der Waals surface area contributed by atoms with Crippen molar-refractivity contribution in [2.45, 2.75) is 25.8 Å². The molecule has 1 aliphatic heterocycles. The Labute approximate surface area is 85.1 Å². The minimum absolute atomic E-state index is 0.514. The second-order valence-electron chi connectivity index (χ2n) is 3.23. The summed E-state index contributed by atoms with van der Waals surface area (Å²) in [6.45, 7) is 4.07. The Balaban J connectivity index is 2.46. The number of rotatable bonds is 5. The van der Waals surface area contributed by atoms with Gasteiger partial charge in [0, 0.05) is 11.8 Å². The molecule has 0 aromatic rings. The van der Waals surface area contributed by atoms with Crippen LogP contribution in [0, 0.1) is 0 Å². The third-order valence-electron chi connectivity index (χ3n) is 2.19. The molecule has 0 aromatic carbocycles. The quantitative estimate of drug-likeness (QED) is 0.735. The molecule has 0 saturated heterocycles. The molecule has 13 heavy (non-hydrogen) atoms. The van der Waals surface area contributed by atoms with Crippen molar-refractivity contribution in [2.24, 2.45) is 0 Å². The Hall–Kier alpha value is -0.150. The third-order valence-corrected chi connectivity index (χ3v) is 2.86. The van der Waals surface area contributed by atoms with Gasteiger partial charge in [-0.1, -0.05) is 6.92 Å². The molecule has 1 rings (SSSR count). The topological polar surface area (TPSA) is 21.3 Å². The van der Waals surface area contributed by atoms with Gasteiger partial charge in [0.2, 0.25) is 0 Å². The van der Waals surface area contributed by atoms with Crippen LogP contribution >= 0.6 is 11.8 Å². The van der Waals surface area contributed by atoms with Crippen molar-refractivity contribution in [3.05, 3.63) is 11.8 Å². The van der Waals surface area contributed by atoms with E-state index in [-0.39, 0.29) is 0 Å². The van der Waals surface area contributed by atoms with E-state index in [0.717, 1.165) is 18.9 Å². The van der Waals surface area contributed by atoms with Crippen molar-refractivity contribution in [3.63, 3.8) is 0 Å². The zero-order chi connectivity index (χ0) is 9.52. The predicted octanol–water partition coefficient (Wildman–Crippen LogP) is 2.02. The molecule has 3 heteroatoms. The molecule has 1 N–H and O–H groups in total. The molecule has 1 aliphatic rings. The lowest BCUT2D eigenvalue weighted by atomic mass is 10.0. The highest BCUT2D eigenvalue weighted by molar-refractivity contribution is 7.98. The molecule has 0 aliphatic carbocycles. The normalized spacial score (nSPS) is 19.1. The molecule has 0 amide bonds. The summed E-state index contributed by atoms with van der Waals surface area (Å²) in [7, 11) is 0. The van der Waals surface area contributed by atoms with Crippen LogP contribution in [0.1, 0.15) is 19.8 Å². The van der Waals surface area contributed by atoms with Gasteiger partial charge in [0.15, 0.2) is 0 Å². The van der Waals surface area contributed by atoms with Crippen LogP contribution in [0.2, 0.25) is 0 Å². The zero-order valence-corrected chi connectivity index (χ0v) is 9.32. The molecule has 0 saturated carbocycles. The van der Waals surface area contributed by atoms with Gasteiger partial charge >= 0.3 is 0 Å². The molecule has 0 spiro atoms. The van der Waals surface area contributed by atoms with E-state index >= 15 is 0 Å². The lowest BCUT2D eigenvalue weighted by Crippen LogP contribution is -2.34. The van der Waals surface area contributed by atoms with Crippen LogP contribution in [0.5, 0.6) is 0 Å². The van der Waals surface area contributed by atoms with Crippen molar-refractivity contribution in [3.8, 4) is 0 Å². The minimum atomic E-state index is 0.514. The maximum absolute atomic E-state index is 5.34. The van der Waals surface area contributed by atoms with Gasteiger partial charge in [-0.3, -0.25) is 0 Å². The number of hydrogen-bond donors (Lipinski definition) is 1. The Bertz CT molecular complexity index is 164. The van der Waals surface area contributed by atoms with Gasteiger partial charge in [-0.2, -0.15) is 11.8 Å². The summed E-state index contributed by atoms with van der Waals surface area (Å²) in [4.78, 5) is 0. The molecule has 1 unspecified atom stereocenters. The molecular formula is C10H19NOS. The first kappa shape index (κ1) is 10.9. The Morgan fingerprint density at radius 3 is 3.08 bits per heavy atom. The fraction of sp³-hybridized carbons (Fsp3) is 0.800. The van der Waals surface area contributed by atoms with Gasteiger partial charge < -0.3 is 10.1 Å². The fourth-order valence-corrected chi connectivity index (χ4v) is 2.22. The Morgan fingerprint density at radius 1 is 1.69 bits per heavy atom. The molecule has 0 radical (unpaired) electrons. The summed E-state index contributed by atoms with van der Waals surface area (Å²) in [5, 5.41) is 3.48. The maximum Gasteiger partial charge on any atom is 0.0876 e. The average molecular weight is 201 g/mol. The molecule has 0 fully saturated rings. The van der Waals surface area contributed by atoms with Gasteiger partial charge in [-0.15, -0.1) is 0 Å². The molecule has 0 bridgehead atoms. The van der Waals surface area contributed by atoms with Crippen molar-refractivity contribution >= 4 is 11.8 Å². The highest BCUT2D eigenvalue weighted by Gasteiger charge is 2.15. The predicted molar refractivity (Wildman–Crippen MR) is 59.1 cm³/mol. The van der Waals surface area contributed by atoms with Gasteiger partial charge in [0.1, 0.15) is 0 Å². The first-order valence-electron chi connectivity index (χ1n) is 4.91. The summed E-state index contributed by atoms with van der Waals surface area (Å²) < 4.78 is 5.34. The van der Waals surface area contributed by atoms with Crippen LogP contribution in [-0.2, 0) is 4.74 Å². The molecule has 2 nitrogen and oxygen atoms in total. The summed E-state index contributed by atoms with van der Waals surface area (Å²) >= 11 is 1.88. The molecule has 0 aromatic heterocycles. The van der Waals surface area contributed by atoms with Crippen molar-refractivity contribution in [1.29, 1.82) is 0 Å². The van der Waals surface area contributed by atoms with Gasteiger partial charge in [-0.25, -0.2) is 0 Å². The fourth-order valence-electron chi connectivity index (χ4n) is 1.55. The summed E-state index contributed by atoms with van der Waals surface area (Å²) in [6.07, 6.45) is 6.46. The number of ether oxygens (including phenoxy) is 1. The maximum atomic E-state index is 5.34. The van der Waals surface area contributed by atoms with Crippen LogP contribution in [0.3, 0.4) is 0 Å². The minimum Gasteiger partial charge on any atom is -0.501 e. The second-order valence-corrected chi connectivity index (χ2v) is 4.14. The van der Waals surface area contributed by atoms with E-state index in [0.29, 0.717) is 6.04 Å². The van der Waals surface area contributed by atoms with Crippen LogP contribution in [-0.4, -0.2) is 31.2 Å². The molecular weight excluding hydrogens is 182 g/mol. The lowest BCUT2D eigenvalue weighted by Gasteiger charge is -2.23. The van der Waals surface area contributed by atoms with Crippen molar-refractivity contribution < 1.29 is 4.74 Å². The number of likely N-dealkylation sites (N-methyl/N-ethyl adjacent to an activating group) is 1. The molecule has 1 atom stereocenters. The van der Waals surface area contributed by atoms with Gasteiger partial charge in [-0.05, 0) is 31.2 Å². The summed E-state index contributed by atoms with van der Waals surface area (Å²) in [6, 6.07) is 0.514. The number of nitrogens with one attached hydrogen (secondary N) is 1. The summed E-state index contributed by atoms with van der Waals surface area (Å²) in [5.74, 6) is 1.14. The second kappa shape index (κ2) is 6.33. The Kier molecular flexibility index (Phi) is 5.32. The first-order valence-corrected chi connectivity index (χ1v) is 6.30. The average Bonchev–Trinajstić information content (AvgIpc) is 2.19. The number of hydrogen-bond acceptors (Lipinski definition) is 3. The van der Waals surface area contributed by atoms with Crippen LogP contribution in [0.4, 0.5) is 0 Å². The highest BCUT2D eigenvalue weighted by Crippen LogP contribution is 2.17. The highest BCUT2D eigenvalue weighted by atomic mass is 32.2. The van der Waals surface area contributed by atoms with E-state index in [2.05, 4.69) is 18.5 Å². The Morgan fingerprint density at radius 2 is 2.54 bits per heavy atom. The SMILES string of the molecule is CCNC(CSC)C1=COCCC1. The van der Waals surface area contributed by atoms with E-state index in [1.54, 1.807) is 0 Å². The monoisotopic (exact) mass is 201 g/mol. The van der Waals surface area contributed by atoms with Crippen LogP contribution < -0.4 is 5.32 Å². The van der Waals surface area contributed by atoms with E-state index in [1.807, 2.05) is 18.0 Å². The van der Waals surface area contributed by atoms with E-state index in [9.17, 15) is 0 Å². The van der Waals surface area contributed by atoms with Crippen molar-refractivity contribution in [1.82, 2.24) is 5.32 Å². The third kappa shape index (κ3) is 3.61. The largest absolute Gasteiger partial charge is 0.501 e.